The molecule has 1 amide bonds. The molecule has 21 heavy (non-hydrogen) atoms. The summed E-state index contributed by atoms with van der Waals surface area (Å²) in [5.41, 5.74) is 10.6. The van der Waals surface area contributed by atoms with Crippen LogP contribution in [0.25, 0.3) is 0 Å². The van der Waals surface area contributed by atoms with Crippen LogP contribution in [0.1, 0.15) is 16.7 Å². The zero-order valence-electron chi connectivity index (χ0n) is 11.9. The number of aryl methyl sites for hydroxylation is 1. The van der Waals surface area contributed by atoms with Crippen LogP contribution in [-0.2, 0) is 17.6 Å². The minimum Gasteiger partial charge on any atom is -0.398 e. The average Bonchev–Trinajstić information content (AvgIpc) is 2.85. The second-order valence-corrected chi connectivity index (χ2v) is 5.44. The van der Waals surface area contributed by atoms with Crippen molar-refractivity contribution >= 4 is 17.3 Å². The number of rotatable bonds is 2. The van der Waals surface area contributed by atoms with Crippen molar-refractivity contribution in [2.24, 2.45) is 0 Å². The number of fused-ring (bicyclic) bond motifs is 1. The third-order valence-electron chi connectivity index (χ3n) is 3.93. The van der Waals surface area contributed by atoms with Crippen molar-refractivity contribution in [1.29, 1.82) is 0 Å². The Bertz CT molecular complexity index is 695. The molecule has 0 atom stereocenters. The van der Waals surface area contributed by atoms with Crippen LogP contribution >= 0.6 is 0 Å². The van der Waals surface area contributed by atoms with Crippen LogP contribution in [-0.4, -0.2) is 12.5 Å². The second-order valence-electron chi connectivity index (χ2n) is 5.44. The van der Waals surface area contributed by atoms with Gasteiger partial charge in [0.05, 0.1) is 6.42 Å². The molecule has 1 aliphatic rings. The molecular weight excluding hydrogens is 267 g/mol. The predicted octanol–water partition coefficient (Wildman–Crippen LogP) is 2.85. The molecule has 0 saturated carbocycles. The summed E-state index contributed by atoms with van der Waals surface area (Å²) < 4.78 is 12.9. The fourth-order valence-corrected chi connectivity index (χ4v) is 2.71. The number of nitrogens with zero attached hydrogens (tertiary/aromatic N) is 1. The second kappa shape index (κ2) is 5.20. The van der Waals surface area contributed by atoms with Gasteiger partial charge in [-0.3, -0.25) is 4.79 Å². The number of carbonyl (C=O) groups is 1. The minimum absolute atomic E-state index is 0.0172. The molecule has 1 aliphatic heterocycles. The Hall–Kier alpha value is -2.36. The first-order valence-corrected chi connectivity index (χ1v) is 6.98. The summed E-state index contributed by atoms with van der Waals surface area (Å²) in [5.74, 6) is -0.274. The van der Waals surface area contributed by atoms with Gasteiger partial charge in [-0.1, -0.05) is 18.2 Å². The number of carbonyl (C=O) groups excluding carboxylic acids is 1. The molecule has 1 heterocycles. The topological polar surface area (TPSA) is 46.3 Å². The molecule has 4 heteroatoms. The lowest BCUT2D eigenvalue weighted by atomic mass is 10.1. The molecule has 0 saturated heterocycles. The molecule has 2 N–H and O–H groups in total. The van der Waals surface area contributed by atoms with Crippen molar-refractivity contribution in [3.63, 3.8) is 0 Å². The highest BCUT2D eigenvalue weighted by molar-refractivity contribution is 5.97. The first-order valence-electron chi connectivity index (χ1n) is 6.98. The molecule has 2 aromatic rings. The normalized spacial score (nSPS) is 13.3. The van der Waals surface area contributed by atoms with Crippen LogP contribution in [0.2, 0.25) is 0 Å². The lowest BCUT2D eigenvalue weighted by Crippen LogP contribution is -2.30. The molecule has 0 bridgehead atoms. The summed E-state index contributed by atoms with van der Waals surface area (Å²) in [6, 6.07) is 9.97. The van der Waals surface area contributed by atoms with Gasteiger partial charge in [0.25, 0.3) is 0 Å². The fourth-order valence-electron chi connectivity index (χ4n) is 2.71. The molecule has 0 aliphatic carbocycles. The highest BCUT2D eigenvalue weighted by Gasteiger charge is 2.25. The SMILES string of the molecule is Cc1cc2c(cc1N)N(C(=O)Cc1ccc(F)cc1)CC2. The predicted molar refractivity (Wildman–Crippen MR) is 81.8 cm³/mol. The van der Waals surface area contributed by atoms with Gasteiger partial charge in [-0.05, 0) is 48.2 Å². The zero-order valence-corrected chi connectivity index (χ0v) is 11.9. The van der Waals surface area contributed by atoms with E-state index in [-0.39, 0.29) is 18.1 Å². The lowest BCUT2D eigenvalue weighted by molar-refractivity contribution is -0.117. The largest absolute Gasteiger partial charge is 0.398 e. The Morgan fingerprint density at radius 1 is 1.29 bits per heavy atom. The molecule has 0 radical (unpaired) electrons. The van der Waals surface area contributed by atoms with Crippen molar-refractivity contribution < 1.29 is 9.18 Å². The van der Waals surface area contributed by atoms with E-state index in [9.17, 15) is 9.18 Å². The van der Waals surface area contributed by atoms with Crippen LogP contribution in [0.3, 0.4) is 0 Å². The van der Waals surface area contributed by atoms with E-state index in [1.54, 1.807) is 17.0 Å². The van der Waals surface area contributed by atoms with E-state index in [2.05, 4.69) is 6.07 Å². The van der Waals surface area contributed by atoms with Gasteiger partial charge in [0.1, 0.15) is 5.82 Å². The minimum atomic E-state index is -0.291. The Morgan fingerprint density at radius 3 is 2.71 bits per heavy atom. The number of amides is 1. The first kappa shape index (κ1) is 13.6. The molecule has 0 spiro atoms. The summed E-state index contributed by atoms with van der Waals surface area (Å²) in [6.45, 7) is 2.65. The summed E-state index contributed by atoms with van der Waals surface area (Å²) in [6.07, 6.45) is 1.12. The number of nitrogen functional groups attached to an aromatic ring is 1. The Kier molecular flexibility index (Phi) is 3.37. The quantitative estimate of drug-likeness (QED) is 0.862. The van der Waals surface area contributed by atoms with Gasteiger partial charge in [0, 0.05) is 17.9 Å². The van der Waals surface area contributed by atoms with Crippen molar-refractivity contribution in [2.45, 2.75) is 19.8 Å². The van der Waals surface area contributed by atoms with E-state index in [4.69, 9.17) is 5.73 Å². The monoisotopic (exact) mass is 284 g/mol. The van der Waals surface area contributed by atoms with Crippen LogP contribution in [0.5, 0.6) is 0 Å². The van der Waals surface area contributed by atoms with Crippen LogP contribution in [0.15, 0.2) is 36.4 Å². The molecule has 0 fully saturated rings. The van der Waals surface area contributed by atoms with Crippen LogP contribution in [0, 0.1) is 12.7 Å². The zero-order chi connectivity index (χ0) is 15.0. The van der Waals surface area contributed by atoms with E-state index in [1.807, 2.05) is 13.0 Å². The van der Waals surface area contributed by atoms with E-state index in [1.165, 1.54) is 12.1 Å². The summed E-state index contributed by atoms with van der Waals surface area (Å²) in [7, 11) is 0. The van der Waals surface area contributed by atoms with Crippen molar-refractivity contribution in [1.82, 2.24) is 0 Å². The summed E-state index contributed by atoms with van der Waals surface area (Å²) >= 11 is 0. The summed E-state index contributed by atoms with van der Waals surface area (Å²) in [4.78, 5) is 14.2. The van der Waals surface area contributed by atoms with Gasteiger partial charge < -0.3 is 10.6 Å². The molecule has 3 rings (SSSR count). The molecule has 2 aromatic carbocycles. The maximum absolute atomic E-state index is 12.9. The standard InChI is InChI=1S/C17H17FN2O/c1-11-8-13-6-7-20(16(13)10-15(11)19)17(21)9-12-2-4-14(18)5-3-12/h2-5,8,10H,6-7,9,19H2,1H3. The first-order chi connectivity index (χ1) is 10.0. The fraction of sp³-hybridized carbons (Fsp3) is 0.235. The van der Waals surface area contributed by atoms with Gasteiger partial charge in [0.15, 0.2) is 0 Å². The smallest absolute Gasteiger partial charge is 0.231 e. The molecule has 0 unspecified atom stereocenters. The van der Waals surface area contributed by atoms with Crippen molar-refractivity contribution in [2.75, 3.05) is 17.2 Å². The van der Waals surface area contributed by atoms with Gasteiger partial charge in [0.2, 0.25) is 5.91 Å². The van der Waals surface area contributed by atoms with Gasteiger partial charge >= 0.3 is 0 Å². The van der Waals surface area contributed by atoms with Gasteiger partial charge in [-0.15, -0.1) is 0 Å². The average molecular weight is 284 g/mol. The number of halogens is 1. The molecule has 3 nitrogen and oxygen atoms in total. The lowest BCUT2D eigenvalue weighted by Gasteiger charge is -2.18. The third-order valence-corrected chi connectivity index (χ3v) is 3.93. The van der Waals surface area contributed by atoms with Crippen molar-refractivity contribution in [3.05, 3.63) is 58.9 Å². The number of anilines is 2. The van der Waals surface area contributed by atoms with Crippen molar-refractivity contribution in [3.8, 4) is 0 Å². The molecule has 108 valence electrons. The third kappa shape index (κ3) is 2.61. The van der Waals surface area contributed by atoms with Gasteiger partial charge in [-0.2, -0.15) is 0 Å². The number of nitrogens with two attached hydrogens (primary N) is 1. The Morgan fingerprint density at radius 2 is 2.00 bits per heavy atom. The van der Waals surface area contributed by atoms with Crippen LogP contribution < -0.4 is 10.6 Å². The maximum Gasteiger partial charge on any atom is 0.231 e. The Labute approximate surface area is 123 Å². The van der Waals surface area contributed by atoms with E-state index >= 15 is 0 Å². The molecule has 0 aromatic heterocycles. The number of benzene rings is 2. The summed E-state index contributed by atoms with van der Waals surface area (Å²) in [5, 5.41) is 0. The van der Waals surface area contributed by atoms with E-state index in [0.29, 0.717) is 12.2 Å². The van der Waals surface area contributed by atoms with Crippen LogP contribution in [0.4, 0.5) is 15.8 Å². The Balaban J connectivity index is 1.82. The van der Waals surface area contributed by atoms with Gasteiger partial charge in [-0.25, -0.2) is 4.39 Å². The number of hydrogen-bond donors (Lipinski definition) is 1. The molecular formula is C17H17FN2O. The van der Waals surface area contributed by atoms with E-state index in [0.717, 1.165) is 28.8 Å². The van der Waals surface area contributed by atoms with E-state index < -0.39 is 0 Å². The highest BCUT2D eigenvalue weighted by atomic mass is 19.1. The highest BCUT2D eigenvalue weighted by Crippen LogP contribution is 2.32. The maximum atomic E-state index is 12.9. The number of hydrogen-bond acceptors (Lipinski definition) is 2.